The number of imide groups is 1. The summed E-state index contributed by atoms with van der Waals surface area (Å²) in [4.78, 5) is 25.2. The van der Waals surface area contributed by atoms with E-state index < -0.39 is 11.6 Å². The van der Waals surface area contributed by atoms with E-state index in [2.05, 4.69) is 5.32 Å². The number of hydrogen-bond donors (Lipinski definition) is 1. The van der Waals surface area contributed by atoms with E-state index in [1.165, 1.54) is 0 Å². The van der Waals surface area contributed by atoms with Gasteiger partial charge in [0.2, 0.25) is 0 Å². The smallest absolute Gasteiger partial charge is 0.323 e. The van der Waals surface area contributed by atoms with Crippen molar-refractivity contribution in [2.45, 2.75) is 38.6 Å². The van der Waals surface area contributed by atoms with Gasteiger partial charge in [-0.05, 0) is 24.7 Å². The maximum atomic E-state index is 12.4. The Balaban J connectivity index is 2.35. The minimum atomic E-state index is -0.772. The monoisotopic (exact) mass is 235 g/mol. The van der Waals surface area contributed by atoms with Crippen LogP contribution in [0.2, 0.25) is 0 Å². The van der Waals surface area contributed by atoms with Gasteiger partial charge in [-0.25, -0.2) is 9.69 Å². The van der Waals surface area contributed by atoms with Gasteiger partial charge in [0.1, 0.15) is 12.1 Å². The van der Waals surface area contributed by atoms with Gasteiger partial charge in [0.15, 0.2) is 0 Å². The highest BCUT2D eigenvalue weighted by molar-refractivity contribution is 6.07. The maximum Gasteiger partial charge on any atom is 0.325 e. The Morgan fingerprint density at radius 3 is 2.53 bits per heavy atom. The van der Waals surface area contributed by atoms with Crippen molar-refractivity contribution in [3.8, 4) is 6.07 Å². The van der Waals surface area contributed by atoms with E-state index in [1.807, 2.05) is 19.9 Å². The molecule has 1 aliphatic heterocycles. The molecule has 0 aromatic rings. The molecule has 3 amide bonds. The Bertz CT molecular complexity index is 389. The molecule has 1 saturated heterocycles. The molecule has 92 valence electrons. The fraction of sp³-hybridized carbons (Fsp3) is 0.750. The summed E-state index contributed by atoms with van der Waals surface area (Å²) >= 11 is 0. The van der Waals surface area contributed by atoms with E-state index in [-0.39, 0.29) is 24.3 Å². The first-order valence-electron chi connectivity index (χ1n) is 6.05. The van der Waals surface area contributed by atoms with E-state index >= 15 is 0 Å². The van der Waals surface area contributed by atoms with Crippen LogP contribution in [0.4, 0.5) is 4.79 Å². The quantitative estimate of drug-likeness (QED) is 0.549. The van der Waals surface area contributed by atoms with E-state index in [0.717, 1.165) is 24.2 Å². The lowest BCUT2D eigenvalue weighted by atomic mass is 9.67. The van der Waals surface area contributed by atoms with Crippen LogP contribution in [0.15, 0.2) is 0 Å². The molecule has 2 rings (SSSR count). The molecule has 2 fully saturated rings. The molecule has 5 nitrogen and oxygen atoms in total. The van der Waals surface area contributed by atoms with E-state index in [9.17, 15) is 9.59 Å². The van der Waals surface area contributed by atoms with E-state index in [4.69, 9.17) is 5.26 Å². The first-order chi connectivity index (χ1) is 8.04. The highest BCUT2D eigenvalue weighted by Crippen LogP contribution is 2.41. The standard InChI is InChI=1S/C12H17N3O2/c1-8-4-3-5-9(2)12(8)10(16)15(7-6-13)11(17)14-12/h8-9H,3-5,7H2,1-2H3,(H,14,17). The van der Waals surface area contributed by atoms with Crippen LogP contribution in [0.5, 0.6) is 0 Å². The van der Waals surface area contributed by atoms with Crippen LogP contribution in [-0.2, 0) is 4.79 Å². The predicted octanol–water partition coefficient (Wildman–Crippen LogP) is 1.26. The summed E-state index contributed by atoms with van der Waals surface area (Å²) in [5.74, 6) is 0.0431. The summed E-state index contributed by atoms with van der Waals surface area (Å²) in [6, 6.07) is 1.45. The molecule has 2 atom stereocenters. The highest BCUT2D eigenvalue weighted by atomic mass is 16.2. The van der Waals surface area contributed by atoms with Gasteiger partial charge in [0.05, 0.1) is 6.07 Å². The van der Waals surface area contributed by atoms with Gasteiger partial charge < -0.3 is 5.32 Å². The van der Waals surface area contributed by atoms with Crippen LogP contribution in [0.25, 0.3) is 0 Å². The molecule has 17 heavy (non-hydrogen) atoms. The van der Waals surface area contributed by atoms with E-state index in [0.29, 0.717) is 0 Å². The molecule has 0 bridgehead atoms. The van der Waals surface area contributed by atoms with Crippen molar-refractivity contribution in [3.05, 3.63) is 0 Å². The molecule has 2 unspecified atom stereocenters. The van der Waals surface area contributed by atoms with Crippen LogP contribution in [0.3, 0.4) is 0 Å². The third-order valence-corrected chi connectivity index (χ3v) is 4.22. The number of urea groups is 1. The van der Waals surface area contributed by atoms with Gasteiger partial charge in [-0.3, -0.25) is 4.79 Å². The largest absolute Gasteiger partial charge is 0.325 e. The summed E-state index contributed by atoms with van der Waals surface area (Å²) in [5.41, 5.74) is -0.772. The maximum absolute atomic E-state index is 12.4. The second-order valence-electron chi connectivity index (χ2n) is 5.08. The minimum absolute atomic E-state index is 0.131. The lowest BCUT2D eigenvalue weighted by molar-refractivity contribution is -0.136. The Morgan fingerprint density at radius 1 is 1.41 bits per heavy atom. The Morgan fingerprint density at radius 2 is 2.00 bits per heavy atom. The number of carbonyl (C=O) groups excluding carboxylic acids is 2. The third kappa shape index (κ3) is 1.51. The van der Waals surface area contributed by atoms with Crippen LogP contribution < -0.4 is 5.32 Å². The third-order valence-electron chi connectivity index (χ3n) is 4.22. The number of nitriles is 1. The average molecular weight is 235 g/mol. The zero-order valence-electron chi connectivity index (χ0n) is 10.2. The Hall–Kier alpha value is -1.57. The summed E-state index contributed by atoms with van der Waals surface area (Å²) in [7, 11) is 0. The van der Waals surface area contributed by atoms with Crippen LogP contribution in [0.1, 0.15) is 33.1 Å². The molecule has 0 aromatic heterocycles. The molecule has 0 aromatic carbocycles. The minimum Gasteiger partial charge on any atom is -0.323 e. The topological polar surface area (TPSA) is 73.2 Å². The van der Waals surface area contributed by atoms with Crippen LogP contribution in [0, 0.1) is 23.2 Å². The summed E-state index contributed by atoms with van der Waals surface area (Å²) in [6.45, 7) is 3.85. The molecule has 0 radical (unpaired) electrons. The lowest BCUT2D eigenvalue weighted by Crippen LogP contribution is -2.58. The van der Waals surface area contributed by atoms with Gasteiger partial charge >= 0.3 is 6.03 Å². The summed E-state index contributed by atoms with van der Waals surface area (Å²) in [6.07, 6.45) is 2.97. The number of hydrogen-bond acceptors (Lipinski definition) is 3. The van der Waals surface area contributed by atoms with Gasteiger partial charge in [0.25, 0.3) is 5.91 Å². The van der Waals surface area contributed by atoms with Gasteiger partial charge in [-0.2, -0.15) is 5.26 Å². The molecular formula is C12H17N3O2. The highest BCUT2D eigenvalue weighted by Gasteiger charge is 2.58. The second-order valence-corrected chi connectivity index (χ2v) is 5.08. The summed E-state index contributed by atoms with van der Waals surface area (Å²) in [5, 5.41) is 11.5. The number of nitrogens with one attached hydrogen (secondary N) is 1. The molecular weight excluding hydrogens is 218 g/mol. The lowest BCUT2D eigenvalue weighted by Gasteiger charge is -2.42. The molecule has 5 heteroatoms. The molecule has 1 spiro atoms. The number of nitrogens with zero attached hydrogens (tertiary/aromatic N) is 2. The van der Waals surface area contributed by atoms with Gasteiger partial charge in [-0.1, -0.05) is 20.3 Å². The zero-order chi connectivity index (χ0) is 12.6. The molecule has 1 aliphatic carbocycles. The normalized spacial score (nSPS) is 37.1. The Labute approximate surface area is 101 Å². The van der Waals surface area contributed by atoms with Crippen molar-refractivity contribution in [3.63, 3.8) is 0 Å². The number of rotatable bonds is 1. The van der Waals surface area contributed by atoms with Gasteiger partial charge in [-0.15, -0.1) is 0 Å². The fourth-order valence-corrected chi connectivity index (χ4v) is 3.17. The van der Waals surface area contributed by atoms with Crippen molar-refractivity contribution in [2.75, 3.05) is 6.54 Å². The molecule has 1 heterocycles. The first-order valence-corrected chi connectivity index (χ1v) is 6.05. The predicted molar refractivity (Wildman–Crippen MR) is 60.8 cm³/mol. The molecule has 1 N–H and O–H groups in total. The van der Waals surface area contributed by atoms with Crippen molar-refractivity contribution in [1.29, 1.82) is 5.26 Å². The zero-order valence-corrected chi connectivity index (χ0v) is 10.2. The number of amides is 3. The van der Waals surface area contributed by atoms with Crippen molar-refractivity contribution in [2.24, 2.45) is 11.8 Å². The van der Waals surface area contributed by atoms with Crippen molar-refractivity contribution in [1.82, 2.24) is 10.2 Å². The van der Waals surface area contributed by atoms with Crippen LogP contribution in [-0.4, -0.2) is 28.9 Å². The molecule has 2 aliphatic rings. The van der Waals surface area contributed by atoms with Crippen molar-refractivity contribution >= 4 is 11.9 Å². The fourth-order valence-electron chi connectivity index (χ4n) is 3.17. The van der Waals surface area contributed by atoms with Gasteiger partial charge in [0, 0.05) is 0 Å². The van der Waals surface area contributed by atoms with E-state index in [1.54, 1.807) is 0 Å². The number of carbonyl (C=O) groups is 2. The average Bonchev–Trinajstić information content (AvgIpc) is 2.53. The SMILES string of the molecule is CC1CCCC(C)C12NC(=O)N(CC#N)C2=O. The summed E-state index contributed by atoms with van der Waals surface area (Å²) < 4.78 is 0. The first kappa shape index (κ1) is 11.9. The second kappa shape index (κ2) is 4.02. The van der Waals surface area contributed by atoms with Crippen LogP contribution >= 0.6 is 0 Å². The Kier molecular flexibility index (Phi) is 2.82. The van der Waals surface area contributed by atoms with Crippen molar-refractivity contribution < 1.29 is 9.59 Å². The molecule has 1 saturated carbocycles.